The number of carbonyl (C=O) groups is 2. The molecule has 0 atom stereocenters. The average Bonchev–Trinajstić information content (AvgIpc) is 3.50. The number of nitrogens with zero attached hydrogens (tertiary/aromatic N) is 4. The van der Waals surface area contributed by atoms with E-state index in [2.05, 4.69) is 26.2 Å². The first-order chi connectivity index (χ1) is 15.7. The van der Waals surface area contributed by atoms with Gasteiger partial charge in [0, 0.05) is 67.7 Å². The molecule has 4 heterocycles. The van der Waals surface area contributed by atoms with Gasteiger partial charge in [0.2, 0.25) is 5.91 Å². The van der Waals surface area contributed by atoms with Gasteiger partial charge in [-0.05, 0) is 36.2 Å². The largest absolute Gasteiger partial charge is 0.361 e. The van der Waals surface area contributed by atoms with Gasteiger partial charge in [-0.25, -0.2) is 0 Å². The molecule has 0 aliphatic carbocycles. The minimum absolute atomic E-state index is 0.0938. The molecule has 0 unspecified atom stereocenters. The van der Waals surface area contributed by atoms with Crippen LogP contribution in [0.15, 0.2) is 61.1 Å². The second kappa shape index (κ2) is 8.66. The number of pyridine rings is 1. The Labute approximate surface area is 185 Å². The molecule has 2 N–H and O–H groups in total. The van der Waals surface area contributed by atoms with Crippen LogP contribution in [0, 0.1) is 0 Å². The number of aromatic nitrogens is 4. The van der Waals surface area contributed by atoms with E-state index in [1.807, 2.05) is 41.4 Å². The van der Waals surface area contributed by atoms with Crippen molar-refractivity contribution in [1.82, 2.24) is 30.0 Å². The van der Waals surface area contributed by atoms with Crippen molar-refractivity contribution in [1.29, 1.82) is 0 Å². The van der Waals surface area contributed by atoms with Crippen molar-refractivity contribution in [2.24, 2.45) is 0 Å². The van der Waals surface area contributed by atoms with Gasteiger partial charge in [0.05, 0.1) is 5.69 Å². The summed E-state index contributed by atoms with van der Waals surface area (Å²) < 4.78 is 0. The van der Waals surface area contributed by atoms with Gasteiger partial charge in [0.1, 0.15) is 5.69 Å². The monoisotopic (exact) mass is 428 g/mol. The van der Waals surface area contributed by atoms with Crippen molar-refractivity contribution in [3.8, 4) is 11.3 Å². The Kier molecular flexibility index (Phi) is 5.41. The van der Waals surface area contributed by atoms with E-state index >= 15 is 0 Å². The number of amides is 2. The number of benzene rings is 1. The molecular weight excluding hydrogens is 404 g/mol. The predicted octanol–water partition coefficient (Wildman–Crippen LogP) is 2.87. The van der Waals surface area contributed by atoms with Crippen LogP contribution in [0.2, 0.25) is 0 Å². The number of H-pyrrole nitrogens is 2. The smallest absolute Gasteiger partial charge is 0.272 e. The Morgan fingerprint density at radius 2 is 1.72 bits per heavy atom. The van der Waals surface area contributed by atoms with Gasteiger partial charge >= 0.3 is 0 Å². The Morgan fingerprint density at radius 1 is 0.969 bits per heavy atom. The molecule has 2 amide bonds. The Hall–Kier alpha value is -3.94. The summed E-state index contributed by atoms with van der Waals surface area (Å²) in [6, 6.07) is 13.6. The van der Waals surface area contributed by atoms with Gasteiger partial charge < -0.3 is 14.8 Å². The molecule has 1 saturated heterocycles. The van der Waals surface area contributed by atoms with E-state index in [1.54, 1.807) is 23.4 Å². The zero-order valence-electron chi connectivity index (χ0n) is 17.6. The summed E-state index contributed by atoms with van der Waals surface area (Å²) in [5.74, 6) is 0.0348. The van der Waals surface area contributed by atoms with Crippen molar-refractivity contribution in [2.45, 2.75) is 12.8 Å². The van der Waals surface area contributed by atoms with Gasteiger partial charge in [0.15, 0.2) is 0 Å². The second-order valence-corrected chi connectivity index (χ2v) is 7.94. The fourth-order valence-electron chi connectivity index (χ4n) is 4.17. The molecule has 1 aromatic carbocycles. The molecule has 1 fully saturated rings. The van der Waals surface area contributed by atoms with Crippen LogP contribution >= 0.6 is 0 Å². The number of hydrogen-bond donors (Lipinski definition) is 2. The standard InChI is InChI=1S/C24H24N6O2/c31-23(6-5-18-16-26-20-4-2-1-3-19(18)20)29-11-13-30(14-12-29)24(32)22-15-21(27-28-22)17-7-9-25-10-8-17/h1-4,7-10,15-16,26H,5-6,11-14H2,(H,27,28). The number of aromatic amines is 2. The quantitative estimate of drug-likeness (QED) is 0.511. The minimum atomic E-state index is -0.0938. The van der Waals surface area contributed by atoms with Crippen molar-refractivity contribution in [3.63, 3.8) is 0 Å². The van der Waals surface area contributed by atoms with Crippen LogP contribution in [-0.2, 0) is 11.2 Å². The first-order valence-corrected chi connectivity index (χ1v) is 10.8. The van der Waals surface area contributed by atoms with Crippen LogP contribution in [0.5, 0.6) is 0 Å². The van der Waals surface area contributed by atoms with Crippen molar-refractivity contribution in [2.75, 3.05) is 26.2 Å². The van der Waals surface area contributed by atoms with Crippen molar-refractivity contribution >= 4 is 22.7 Å². The molecule has 8 nitrogen and oxygen atoms in total. The normalized spacial score (nSPS) is 14.1. The molecule has 1 aliphatic rings. The van der Waals surface area contributed by atoms with Gasteiger partial charge in [-0.2, -0.15) is 5.10 Å². The van der Waals surface area contributed by atoms with E-state index in [0.717, 1.165) is 16.6 Å². The Bertz CT molecular complexity index is 1240. The lowest BCUT2D eigenvalue weighted by Gasteiger charge is -2.34. The fraction of sp³-hybridized carbons (Fsp3) is 0.250. The molecule has 8 heteroatoms. The van der Waals surface area contributed by atoms with Crippen LogP contribution < -0.4 is 0 Å². The lowest BCUT2D eigenvalue weighted by Crippen LogP contribution is -2.50. The molecule has 5 rings (SSSR count). The summed E-state index contributed by atoms with van der Waals surface area (Å²) in [5, 5.41) is 8.26. The van der Waals surface area contributed by atoms with E-state index in [9.17, 15) is 9.59 Å². The predicted molar refractivity (Wildman–Crippen MR) is 121 cm³/mol. The number of para-hydroxylation sites is 1. The third-order valence-electron chi connectivity index (χ3n) is 5.99. The molecule has 0 spiro atoms. The highest BCUT2D eigenvalue weighted by Gasteiger charge is 2.26. The number of nitrogens with one attached hydrogen (secondary N) is 2. The Balaban J connectivity index is 1.15. The van der Waals surface area contributed by atoms with E-state index in [-0.39, 0.29) is 11.8 Å². The summed E-state index contributed by atoms with van der Waals surface area (Å²) in [5.41, 5.74) is 4.32. The molecule has 162 valence electrons. The van der Waals surface area contributed by atoms with E-state index in [1.165, 1.54) is 5.39 Å². The second-order valence-electron chi connectivity index (χ2n) is 7.94. The van der Waals surface area contributed by atoms with Crippen LogP contribution in [0.25, 0.3) is 22.2 Å². The van der Waals surface area contributed by atoms with Gasteiger partial charge in [-0.3, -0.25) is 19.7 Å². The first-order valence-electron chi connectivity index (χ1n) is 10.8. The summed E-state index contributed by atoms with van der Waals surface area (Å²) in [6.45, 7) is 2.12. The molecule has 3 aromatic heterocycles. The van der Waals surface area contributed by atoms with Crippen molar-refractivity contribution in [3.05, 3.63) is 72.3 Å². The maximum absolute atomic E-state index is 12.9. The van der Waals surface area contributed by atoms with Crippen LogP contribution in [-0.4, -0.2) is 68.0 Å². The number of fused-ring (bicyclic) bond motifs is 1. The van der Waals surface area contributed by atoms with Gasteiger partial charge in [-0.1, -0.05) is 18.2 Å². The van der Waals surface area contributed by atoms with E-state index < -0.39 is 0 Å². The number of carbonyl (C=O) groups excluding carboxylic acids is 2. The first kappa shape index (κ1) is 20.0. The lowest BCUT2D eigenvalue weighted by atomic mass is 10.1. The van der Waals surface area contributed by atoms with Gasteiger partial charge in [0.25, 0.3) is 5.91 Å². The highest BCUT2D eigenvalue weighted by molar-refractivity contribution is 5.93. The number of rotatable bonds is 5. The maximum atomic E-state index is 12.9. The van der Waals surface area contributed by atoms with Crippen LogP contribution in [0.4, 0.5) is 0 Å². The van der Waals surface area contributed by atoms with Crippen molar-refractivity contribution < 1.29 is 9.59 Å². The zero-order valence-corrected chi connectivity index (χ0v) is 17.6. The number of piperazine rings is 1. The van der Waals surface area contributed by atoms with Crippen LogP contribution in [0.1, 0.15) is 22.5 Å². The summed E-state index contributed by atoms with van der Waals surface area (Å²) in [7, 11) is 0. The van der Waals surface area contributed by atoms with Gasteiger partial charge in [-0.15, -0.1) is 0 Å². The van der Waals surface area contributed by atoms with E-state index in [0.29, 0.717) is 50.4 Å². The molecule has 0 radical (unpaired) electrons. The summed E-state index contributed by atoms with van der Waals surface area (Å²) in [6.07, 6.45) is 6.54. The lowest BCUT2D eigenvalue weighted by molar-refractivity contribution is -0.132. The summed E-state index contributed by atoms with van der Waals surface area (Å²) >= 11 is 0. The number of aryl methyl sites for hydroxylation is 1. The van der Waals surface area contributed by atoms with Crippen LogP contribution in [0.3, 0.4) is 0 Å². The average molecular weight is 428 g/mol. The SMILES string of the molecule is O=C(CCc1c[nH]c2ccccc12)N1CCN(C(=O)c2cc(-c3ccncc3)n[nH]2)CC1. The third kappa shape index (κ3) is 3.99. The summed E-state index contributed by atoms with van der Waals surface area (Å²) in [4.78, 5) is 36.5. The third-order valence-corrected chi connectivity index (χ3v) is 5.99. The molecular formula is C24H24N6O2. The number of hydrogen-bond acceptors (Lipinski definition) is 4. The fourth-order valence-corrected chi connectivity index (χ4v) is 4.17. The highest BCUT2D eigenvalue weighted by Crippen LogP contribution is 2.20. The van der Waals surface area contributed by atoms with E-state index in [4.69, 9.17) is 0 Å². The molecule has 4 aromatic rings. The molecule has 0 bridgehead atoms. The topological polar surface area (TPSA) is 98.0 Å². The highest BCUT2D eigenvalue weighted by atomic mass is 16.2. The zero-order chi connectivity index (χ0) is 21.9. The maximum Gasteiger partial charge on any atom is 0.272 e. The molecule has 32 heavy (non-hydrogen) atoms. The molecule has 0 saturated carbocycles. The minimum Gasteiger partial charge on any atom is -0.361 e. The Morgan fingerprint density at radius 3 is 2.53 bits per heavy atom. The molecule has 1 aliphatic heterocycles.